The number of rotatable bonds is 5. The molecule has 0 unspecified atom stereocenters. The van der Waals surface area contributed by atoms with Crippen LogP contribution in [0.3, 0.4) is 0 Å². The number of aliphatic hydroxyl groups is 1. The Bertz CT molecular complexity index is 537. The van der Waals surface area contributed by atoms with Crippen molar-refractivity contribution >= 4 is 15.9 Å². The standard InChI is InChI=1S/C12H18N2O4S/c1-9(8-15)13-12(16)10-4-6-11(7-5-10)19(17,18)14(2)3/h4-7,9,15H,8H2,1-3H3,(H,13,16)/t9-/m0/s1. The van der Waals surface area contributed by atoms with E-state index in [4.69, 9.17) is 5.11 Å². The molecule has 0 bridgehead atoms. The maximum Gasteiger partial charge on any atom is 0.251 e. The van der Waals surface area contributed by atoms with Crippen molar-refractivity contribution < 1.29 is 18.3 Å². The maximum atomic E-state index is 11.8. The first-order chi connectivity index (χ1) is 8.78. The first-order valence-corrected chi connectivity index (χ1v) is 7.17. The second kappa shape index (κ2) is 6.14. The number of nitrogens with zero attached hydrogens (tertiary/aromatic N) is 1. The molecule has 106 valence electrons. The van der Waals surface area contributed by atoms with E-state index in [0.29, 0.717) is 5.56 Å². The summed E-state index contributed by atoms with van der Waals surface area (Å²) in [6, 6.07) is 5.30. The fraction of sp³-hybridized carbons (Fsp3) is 0.417. The predicted octanol–water partition coefficient (Wildman–Crippen LogP) is 0.0475. The van der Waals surface area contributed by atoms with E-state index in [1.807, 2.05) is 0 Å². The lowest BCUT2D eigenvalue weighted by molar-refractivity contribution is 0.0922. The fourth-order valence-electron chi connectivity index (χ4n) is 1.34. The Morgan fingerprint density at radius 2 is 1.84 bits per heavy atom. The van der Waals surface area contributed by atoms with Crippen LogP contribution in [0.1, 0.15) is 17.3 Å². The third-order valence-electron chi connectivity index (χ3n) is 2.55. The van der Waals surface area contributed by atoms with E-state index in [-0.39, 0.29) is 23.5 Å². The number of amides is 1. The number of hydrogen-bond donors (Lipinski definition) is 2. The third-order valence-corrected chi connectivity index (χ3v) is 4.38. The van der Waals surface area contributed by atoms with Crippen LogP contribution in [0.2, 0.25) is 0 Å². The van der Waals surface area contributed by atoms with Crippen molar-refractivity contribution in [2.75, 3.05) is 20.7 Å². The molecule has 1 amide bonds. The van der Waals surface area contributed by atoms with Crippen molar-refractivity contribution in [3.8, 4) is 0 Å². The van der Waals surface area contributed by atoms with Crippen molar-refractivity contribution in [3.05, 3.63) is 29.8 Å². The van der Waals surface area contributed by atoms with Gasteiger partial charge >= 0.3 is 0 Å². The molecule has 0 saturated heterocycles. The van der Waals surface area contributed by atoms with E-state index in [2.05, 4.69) is 5.32 Å². The molecule has 7 heteroatoms. The Morgan fingerprint density at radius 3 is 2.26 bits per heavy atom. The number of hydrogen-bond acceptors (Lipinski definition) is 4. The number of carbonyl (C=O) groups is 1. The third kappa shape index (κ3) is 3.76. The van der Waals surface area contributed by atoms with Gasteiger partial charge in [-0.1, -0.05) is 0 Å². The lowest BCUT2D eigenvalue weighted by Crippen LogP contribution is -2.35. The number of sulfonamides is 1. The Kier molecular flexibility index (Phi) is 5.04. The quantitative estimate of drug-likeness (QED) is 0.800. The number of benzene rings is 1. The lowest BCUT2D eigenvalue weighted by Gasteiger charge is -2.13. The molecule has 0 aliphatic rings. The highest BCUT2D eigenvalue weighted by molar-refractivity contribution is 7.89. The zero-order valence-corrected chi connectivity index (χ0v) is 11.9. The number of aliphatic hydroxyl groups excluding tert-OH is 1. The highest BCUT2D eigenvalue weighted by atomic mass is 32.2. The lowest BCUT2D eigenvalue weighted by atomic mass is 10.2. The first-order valence-electron chi connectivity index (χ1n) is 5.73. The van der Waals surface area contributed by atoms with E-state index < -0.39 is 10.0 Å². The minimum atomic E-state index is -3.49. The van der Waals surface area contributed by atoms with Gasteiger partial charge in [-0.25, -0.2) is 12.7 Å². The van der Waals surface area contributed by atoms with Gasteiger partial charge in [-0.05, 0) is 31.2 Å². The molecule has 0 aromatic heterocycles. The van der Waals surface area contributed by atoms with Crippen molar-refractivity contribution in [1.29, 1.82) is 0 Å². The van der Waals surface area contributed by atoms with Crippen LogP contribution in [-0.2, 0) is 10.0 Å². The largest absolute Gasteiger partial charge is 0.394 e. The van der Waals surface area contributed by atoms with E-state index in [1.165, 1.54) is 38.4 Å². The molecular formula is C12H18N2O4S. The summed E-state index contributed by atoms with van der Waals surface area (Å²) in [4.78, 5) is 11.9. The molecule has 1 aromatic rings. The van der Waals surface area contributed by atoms with Crippen molar-refractivity contribution in [2.45, 2.75) is 17.9 Å². The van der Waals surface area contributed by atoms with Gasteiger partial charge in [-0.2, -0.15) is 0 Å². The topological polar surface area (TPSA) is 86.7 Å². The van der Waals surface area contributed by atoms with Crippen LogP contribution in [0.15, 0.2) is 29.2 Å². The summed E-state index contributed by atoms with van der Waals surface area (Å²) in [6.07, 6.45) is 0. The van der Waals surface area contributed by atoms with Crippen LogP contribution in [0.5, 0.6) is 0 Å². The van der Waals surface area contributed by atoms with Crippen molar-refractivity contribution in [2.24, 2.45) is 0 Å². The van der Waals surface area contributed by atoms with Gasteiger partial charge in [0.15, 0.2) is 0 Å². The molecule has 1 atom stereocenters. The monoisotopic (exact) mass is 286 g/mol. The molecule has 0 aliphatic carbocycles. The smallest absolute Gasteiger partial charge is 0.251 e. The summed E-state index contributed by atoms with van der Waals surface area (Å²) in [5.74, 6) is -0.352. The van der Waals surface area contributed by atoms with Crippen LogP contribution in [0.25, 0.3) is 0 Å². The summed E-state index contributed by atoms with van der Waals surface area (Å²) in [6.45, 7) is 1.52. The van der Waals surface area contributed by atoms with Crippen LogP contribution in [0.4, 0.5) is 0 Å². The van der Waals surface area contributed by atoms with Gasteiger partial charge in [0.05, 0.1) is 11.5 Å². The molecule has 2 N–H and O–H groups in total. The van der Waals surface area contributed by atoms with E-state index in [9.17, 15) is 13.2 Å². The zero-order valence-electron chi connectivity index (χ0n) is 11.1. The van der Waals surface area contributed by atoms with Crippen molar-refractivity contribution in [1.82, 2.24) is 9.62 Å². The summed E-state index contributed by atoms with van der Waals surface area (Å²) in [7, 11) is -0.599. The average Bonchev–Trinajstić information content (AvgIpc) is 2.38. The zero-order chi connectivity index (χ0) is 14.6. The van der Waals surface area contributed by atoms with E-state index in [1.54, 1.807) is 6.92 Å². The first kappa shape index (κ1) is 15.6. The summed E-state index contributed by atoms with van der Waals surface area (Å²) in [5, 5.41) is 11.4. The molecular weight excluding hydrogens is 268 g/mol. The second-order valence-electron chi connectivity index (χ2n) is 4.37. The van der Waals surface area contributed by atoms with Gasteiger partial charge in [0.2, 0.25) is 10.0 Å². The highest BCUT2D eigenvalue weighted by Gasteiger charge is 2.17. The molecule has 19 heavy (non-hydrogen) atoms. The van der Waals surface area contributed by atoms with Crippen LogP contribution in [-0.4, -0.2) is 50.5 Å². The van der Waals surface area contributed by atoms with E-state index in [0.717, 1.165) is 4.31 Å². The second-order valence-corrected chi connectivity index (χ2v) is 6.52. The Balaban J connectivity index is 2.91. The Hall–Kier alpha value is -1.44. The van der Waals surface area contributed by atoms with Gasteiger partial charge < -0.3 is 10.4 Å². The number of carbonyl (C=O) groups excluding carboxylic acids is 1. The minimum absolute atomic E-state index is 0.129. The van der Waals surface area contributed by atoms with Gasteiger partial charge in [0, 0.05) is 25.7 Å². The summed E-state index contributed by atoms with van der Waals surface area (Å²) in [5.41, 5.74) is 0.345. The average molecular weight is 286 g/mol. The Morgan fingerprint density at radius 1 is 1.32 bits per heavy atom. The van der Waals surface area contributed by atoms with Gasteiger partial charge in [-0.3, -0.25) is 4.79 Å². The molecule has 0 fully saturated rings. The molecule has 0 aliphatic heterocycles. The molecule has 1 rings (SSSR count). The summed E-state index contributed by atoms with van der Waals surface area (Å²) >= 11 is 0. The highest BCUT2D eigenvalue weighted by Crippen LogP contribution is 2.14. The summed E-state index contributed by atoms with van der Waals surface area (Å²) < 4.78 is 24.8. The van der Waals surface area contributed by atoms with Gasteiger partial charge in [0.1, 0.15) is 0 Å². The number of nitrogens with one attached hydrogen (secondary N) is 1. The van der Waals surface area contributed by atoms with Gasteiger partial charge in [0.25, 0.3) is 5.91 Å². The maximum absolute atomic E-state index is 11.8. The Labute approximate surface area is 113 Å². The molecule has 0 radical (unpaired) electrons. The molecule has 6 nitrogen and oxygen atoms in total. The molecule has 0 heterocycles. The predicted molar refractivity (Wildman–Crippen MR) is 71.3 cm³/mol. The van der Waals surface area contributed by atoms with Crippen LogP contribution < -0.4 is 5.32 Å². The van der Waals surface area contributed by atoms with Crippen molar-refractivity contribution in [3.63, 3.8) is 0 Å². The fourth-order valence-corrected chi connectivity index (χ4v) is 2.24. The minimum Gasteiger partial charge on any atom is -0.394 e. The van der Waals surface area contributed by atoms with E-state index >= 15 is 0 Å². The molecule has 0 spiro atoms. The normalized spacial score (nSPS) is 13.3. The van der Waals surface area contributed by atoms with Crippen LogP contribution >= 0.6 is 0 Å². The molecule has 1 aromatic carbocycles. The SMILES string of the molecule is C[C@@H](CO)NC(=O)c1ccc(S(=O)(=O)N(C)C)cc1. The van der Waals surface area contributed by atoms with Gasteiger partial charge in [-0.15, -0.1) is 0 Å². The molecule has 0 saturated carbocycles. The van der Waals surface area contributed by atoms with Crippen LogP contribution in [0, 0.1) is 0 Å².